The summed E-state index contributed by atoms with van der Waals surface area (Å²) in [7, 11) is -3.52. The molecular weight excluding hydrogens is 329 g/mol. The van der Waals surface area contributed by atoms with Crippen molar-refractivity contribution in [2.75, 3.05) is 12.4 Å². The second kappa shape index (κ2) is 6.19. The first-order valence-corrected chi connectivity index (χ1v) is 8.72. The van der Waals surface area contributed by atoms with E-state index in [4.69, 9.17) is 34.8 Å². The number of rotatable bonds is 4. The number of halogens is 3. The summed E-state index contributed by atoms with van der Waals surface area (Å²) in [4.78, 5) is 0.184. The van der Waals surface area contributed by atoms with Crippen LogP contribution in [0.15, 0.2) is 23.1 Å². The minimum Gasteiger partial charge on any atom is -0.207 e. The van der Waals surface area contributed by atoms with Gasteiger partial charge in [0.2, 0.25) is 10.0 Å². The lowest BCUT2D eigenvalue weighted by molar-refractivity contribution is 0.381. The minimum atomic E-state index is -3.52. The second-order valence-corrected chi connectivity index (χ2v) is 7.55. The van der Waals surface area contributed by atoms with E-state index in [1.54, 1.807) is 0 Å². The van der Waals surface area contributed by atoms with Crippen LogP contribution >= 0.6 is 34.8 Å². The highest BCUT2D eigenvalue weighted by Crippen LogP contribution is 2.31. The van der Waals surface area contributed by atoms with E-state index in [9.17, 15) is 8.42 Å². The Bertz CT molecular complexity index is 562. The lowest BCUT2D eigenvalue weighted by atomic mass is 10.2. The largest absolute Gasteiger partial charge is 0.243 e. The predicted molar refractivity (Wildman–Crippen MR) is 78.7 cm³/mol. The second-order valence-electron chi connectivity index (χ2n) is 4.47. The van der Waals surface area contributed by atoms with E-state index < -0.39 is 10.0 Å². The molecule has 1 aromatic carbocycles. The number of hydrogen-bond donors (Lipinski definition) is 0. The molecule has 0 aliphatic carbocycles. The van der Waals surface area contributed by atoms with Crippen molar-refractivity contribution in [3.63, 3.8) is 0 Å². The van der Waals surface area contributed by atoms with Gasteiger partial charge in [-0.25, -0.2) is 8.42 Å². The van der Waals surface area contributed by atoms with Gasteiger partial charge >= 0.3 is 0 Å². The molecule has 3 nitrogen and oxygen atoms in total. The maximum absolute atomic E-state index is 12.6. The Morgan fingerprint density at radius 1 is 1.26 bits per heavy atom. The highest BCUT2D eigenvalue weighted by molar-refractivity contribution is 7.89. The summed E-state index contributed by atoms with van der Waals surface area (Å²) in [6, 6.07) is 4.37. The van der Waals surface area contributed by atoms with Crippen LogP contribution in [0.1, 0.15) is 19.3 Å². The Kier molecular flexibility index (Phi) is 5.01. The van der Waals surface area contributed by atoms with Crippen LogP contribution in [0, 0.1) is 0 Å². The van der Waals surface area contributed by atoms with Gasteiger partial charge in [0, 0.05) is 18.5 Å². The van der Waals surface area contributed by atoms with Gasteiger partial charge < -0.3 is 0 Å². The first-order chi connectivity index (χ1) is 8.96. The van der Waals surface area contributed by atoms with E-state index in [-0.39, 0.29) is 16.0 Å². The third-order valence-electron chi connectivity index (χ3n) is 3.26. The number of benzene rings is 1. The summed E-state index contributed by atoms with van der Waals surface area (Å²) < 4.78 is 26.7. The van der Waals surface area contributed by atoms with Gasteiger partial charge in [-0.1, -0.05) is 23.2 Å². The zero-order valence-corrected chi connectivity index (χ0v) is 13.2. The SMILES string of the molecule is O=S(=O)(c1ccc(Cl)c(Cl)c1)N1CCCC1CCCl. The zero-order valence-electron chi connectivity index (χ0n) is 10.2. The molecule has 0 aromatic heterocycles. The first-order valence-electron chi connectivity index (χ1n) is 5.99. The average Bonchev–Trinajstić information content (AvgIpc) is 2.82. The fraction of sp³-hybridized carbons (Fsp3) is 0.500. The lowest BCUT2D eigenvalue weighted by Crippen LogP contribution is -2.35. The molecule has 7 heteroatoms. The third-order valence-corrected chi connectivity index (χ3v) is 6.17. The van der Waals surface area contributed by atoms with E-state index in [2.05, 4.69) is 0 Å². The van der Waals surface area contributed by atoms with Crippen LogP contribution in [-0.2, 0) is 10.0 Å². The molecule has 1 atom stereocenters. The van der Waals surface area contributed by atoms with Crippen molar-refractivity contribution in [2.45, 2.75) is 30.2 Å². The molecule has 0 radical (unpaired) electrons. The Morgan fingerprint density at radius 3 is 2.63 bits per heavy atom. The van der Waals surface area contributed by atoms with Crippen LogP contribution in [0.25, 0.3) is 0 Å². The molecule has 2 rings (SSSR count). The van der Waals surface area contributed by atoms with E-state index in [1.165, 1.54) is 22.5 Å². The van der Waals surface area contributed by atoms with E-state index in [1.807, 2.05) is 0 Å². The molecule has 0 spiro atoms. The normalized spacial score (nSPS) is 20.9. The highest BCUT2D eigenvalue weighted by atomic mass is 35.5. The molecule has 0 bridgehead atoms. The van der Waals surface area contributed by atoms with Gasteiger partial charge in [-0.2, -0.15) is 4.31 Å². The number of nitrogens with zero attached hydrogens (tertiary/aromatic N) is 1. The molecule has 106 valence electrons. The van der Waals surface area contributed by atoms with Gasteiger partial charge in [-0.3, -0.25) is 0 Å². The summed E-state index contributed by atoms with van der Waals surface area (Å²) in [5.41, 5.74) is 0. The van der Waals surface area contributed by atoms with E-state index >= 15 is 0 Å². The van der Waals surface area contributed by atoms with E-state index in [0.717, 1.165) is 12.8 Å². The fourth-order valence-electron chi connectivity index (χ4n) is 2.31. The molecule has 1 heterocycles. The minimum absolute atomic E-state index is 0.0167. The summed E-state index contributed by atoms with van der Waals surface area (Å²) in [6.07, 6.45) is 2.39. The van der Waals surface area contributed by atoms with Gasteiger partial charge in [-0.15, -0.1) is 11.6 Å². The molecule has 0 N–H and O–H groups in total. The smallest absolute Gasteiger partial charge is 0.207 e. The summed E-state index contributed by atoms with van der Waals surface area (Å²) >= 11 is 17.4. The fourth-order valence-corrected chi connectivity index (χ4v) is 4.68. The van der Waals surface area contributed by atoms with Gasteiger partial charge in [0.05, 0.1) is 14.9 Å². The molecule has 0 saturated carbocycles. The van der Waals surface area contributed by atoms with Gasteiger partial charge in [-0.05, 0) is 37.5 Å². The summed E-state index contributed by atoms with van der Waals surface area (Å²) in [5, 5.41) is 0.593. The van der Waals surface area contributed by atoms with Crippen molar-refractivity contribution < 1.29 is 8.42 Å². The van der Waals surface area contributed by atoms with Crippen molar-refractivity contribution >= 4 is 44.8 Å². The molecule has 1 fully saturated rings. The van der Waals surface area contributed by atoms with Crippen LogP contribution in [0.2, 0.25) is 10.0 Å². The van der Waals surface area contributed by atoms with Crippen LogP contribution in [0.4, 0.5) is 0 Å². The Morgan fingerprint density at radius 2 is 2.00 bits per heavy atom. The van der Waals surface area contributed by atoms with Crippen LogP contribution < -0.4 is 0 Å². The monoisotopic (exact) mass is 341 g/mol. The Hall–Kier alpha value is -0.000000000000000111. The van der Waals surface area contributed by atoms with Crippen molar-refractivity contribution in [2.24, 2.45) is 0 Å². The molecule has 1 aliphatic heterocycles. The Labute approximate surface area is 128 Å². The zero-order chi connectivity index (χ0) is 14.0. The molecule has 1 aromatic rings. The molecular formula is C12H14Cl3NO2S. The quantitative estimate of drug-likeness (QED) is 0.781. The maximum Gasteiger partial charge on any atom is 0.243 e. The Balaban J connectivity index is 2.33. The maximum atomic E-state index is 12.6. The van der Waals surface area contributed by atoms with Gasteiger partial charge in [0.25, 0.3) is 0 Å². The molecule has 1 unspecified atom stereocenters. The van der Waals surface area contributed by atoms with Crippen LogP contribution in [0.5, 0.6) is 0 Å². The summed E-state index contributed by atoms with van der Waals surface area (Å²) in [5.74, 6) is 0.456. The van der Waals surface area contributed by atoms with Gasteiger partial charge in [0.15, 0.2) is 0 Å². The lowest BCUT2D eigenvalue weighted by Gasteiger charge is -2.23. The standard InChI is InChI=1S/C12H14Cl3NO2S/c13-6-5-9-2-1-7-16(9)19(17,18)10-3-4-11(14)12(15)8-10/h3-4,8-9H,1-2,5-7H2. The van der Waals surface area contributed by atoms with E-state index in [0.29, 0.717) is 23.9 Å². The highest BCUT2D eigenvalue weighted by Gasteiger charge is 2.34. The van der Waals surface area contributed by atoms with Crippen molar-refractivity contribution in [3.05, 3.63) is 28.2 Å². The van der Waals surface area contributed by atoms with Crippen molar-refractivity contribution in [1.29, 1.82) is 0 Å². The molecule has 0 amide bonds. The van der Waals surface area contributed by atoms with Crippen LogP contribution in [-0.4, -0.2) is 31.2 Å². The molecule has 1 aliphatic rings. The number of hydrogen-bond acceptors (Lipinski definition) is 2. The number of sulfonamides is 1. The van der Waals surface area contributed by atoms with Crippen LogP contribution in [0.3, 0.4) is 0 Å². The topological polar surface area (TPSA) is 37.4 Å². The summed E-state index contributed by atoms with van der Waals surface area (Å²) in [6.45, 7) is 0.532. The van der Waals surface area contributed by atoms with Gasteiger partial charge in [0.1, 0.15) is 0 Å². The molecule has 19 heavy (non-hydrogen) atoms. The number of alkyl halides is 1. The molecule has 1 saturated heterocycles. The van der Waals surface area contributed by atoms with Crippen molar-refractivity contribution in [3.8, 4) is 0 Å². The third kappa shape index (κ3) is 3.19. The predicted octanol–water partition coefficient (Wildman–Crippen LogP) is 3.78. The average molecular weight is 343 g/mol. The van der Waals surface area contributed by atoms with Crippen molar-refractivity contribution in [1.82, 2.24) is 4.31 Å². The first kappa shape index (κ1) is 15.4.